The Morgan fingerprint density at radius 1 is 1.50 bits per heavy atom. The van der Waals surface area contributed by atoms with Crippen LogP contribution >= 0.6 is 0 Å². The van der Waals surface area contributed by atoms with E-state index in [1.165, 1.54) is 0 Å². The van der Waals surface area contributed by atoms with Crippen molar-refractivity contribution in [1.29, 1.82) is 0 Å². The molecule has 0 fully saturated rings. The van der Waals surface area contributed by atoms with Gasteiger partial charge in [-0.15, -0.1) is 0 Å². The molecule has 0 aliphatic carbocycles. The van der Waals surface area contributed by atoms with Crippen molar-refractivity contribution in [3.8, 4) is 0 Å². The molecule has 1 aromatic heterocycles. The van der Waals surface area contributed by atoms with Gasteiger partial charge in [0.25, 0.3) is 0 Å². The van der Waals surface area contributed by atoms with Gasteiger partial charge in [0, 0.05) is 12.5 Å². The molecule has 0 spiro atoms. The number of aromatic amines is 1. The van der Waals surface area contributed by atoms with Crippen molar-refractivity contribution < 1.29 is 9.90 Å². The maximum atomic E-state index is 10.4. The molecule has 1 aromatic carbocycles. The van der Waals surface area contributed by atoms with E-state index in [0.717, 1.165) is 22.4 Å². The number of rotatable bonds is 5. The Hall–Kier alpha value is -1.88. The van der Waals surface area contributed by atoms with Gasteiger partial charge in [-0.25, -0.2) is 4.98 Å². The van der Waals surface area contributed by atoms with Gasteiger partial charge in [0.2, 0.25) is 0 Å². The lowest BCUT2D eigenvalue weighted by atomic mass is 10.2. The molecule has 0 aliphatic heterocycles. The first kappa shape index (κ1) is 12.6. The first-order valence-corrected chi connectivity index (χ1v) is 5.97. The molecule has 0 saturated carbocycles. The van der Waals surface area contributed by atoms with Gasteiger partial charge in [-0.2, -0.15) is 0 Å². The highest BCUT2D eigenvalue weighted by Crippen LogP contribution is 2.18. The summed E-state index contributed by atoms with van der Waals surface area (Å²) in [4.78, 5) is 18.2. The topological polar surface area (TPSA) is 78.0 Å². The predicted octanol–water partition coefficient (Wildman–Crippen LogP) is 1.86. The summed E-state index contributed by atoms with van der Waals surface area (Å²) in [5, 5.41) is 11.4. The number of aliphatic carboxylic acids is 1. The van der Waals surface area contributed by atoms with Crippen LogP contribution in [0.25, 0.3) is 11.0 Å². The lowest BCUT2D eigenvalue weighted by molar-refractivity contribution is -0.135. The van der Waals surface area contributed by atoms with Crippen molar-refractivity contribution in [2.75, 3.05) is 6.54 Å². The average molecular weight is 247 g/mol. The summed E-state index contributed by atoms with van der Waals surface area (Å²) in [6.07, 6.45) is 0. The number of carbonyl (C=O) groups is 1. The third-order valence-electron chi connectivity index (χ3n) is 2.72. The summed E-state index contributed by atoms with van der Waals surface area (Å²) >= 11 is 0. The summed E-state index contributed by atoms with van der Waals surface area (Å²) in [5.74, 6) is 0.492. The van der Waals surface area contributed by atoms with Crippen molar-refractivity contribution in [1.82, 2.24) is 15.3 Å². The number of carboxylic acid groups (broad SMARTS) is 1. The van der Waals surface area contributed by atoms with Gasteiger partial charge in [0.05, 0.1) is 17.6 Å². The summed E-state index contributed by atoms with van der Waals surface area (Å²) in [6.45, 7) is 4.69. The van der Waals surface area contributed by atoms with E-state index >= 15 is 0 Å². The van der Waals surface area contributed by atoms with Crippen LogP contribution in [0.1, 0.15) is 31.2 Å². The molecule has 3 N–H and O–H groups in total. The molecular formula is C13H17N3O2. The zero-order valence-corrected chi connectivity index (χ0v) is 10.5. The van der Waals surface area contributed by atoms with Gasteiger partial charge in [-0.3, -0.25) is 4.79 Å². The molecule has 0 atom stereocenters. The second-order valence-electron chi connectivity index (χ2n) is 4.63. The number of fused-ring (bicyclic) bond motifs is 1. The van der Waals surface area contributed by atoms with E-state index in [-0.39, 0.29) is 6.54 Å². The van der Waals surface area contributed by atoms with E-state index < -0.39 is 5.97 Å². The third kappa shape index (κ3) is 2.87. The van der Waals surface area contributed by atoms with Gasteiger partial charge in [-0.1, -0.05) is 19.9 Å². The van der Waals surface area contributed by atoms with E-state index in [1.54, 1.807) is 0 Å². The first-order valence-electron chi connectivity index (χ1n) is 5.97. The van der Waals surface area contributed by atoms with E-state index in [1.807, 2.05) is 18.2 Å². The molecule has 18 heavy (non-hydrogen) atoms. The lowest BCUT2D eigenvalue weighted by Crippen LogP contribution is -2.21. The van der Waals surface area contributed by atoms with Gasteiger partial charge in [-0.05, 0) is 17.7 Å². The maximum Gasteiger partial charge on any atom is 0.317 e. The summed E-state index contributed by atoms with van der Waals surface area (Å²) in [7, 11) is 0. The Labute approximate surface area is 105 Å². The van der Waals surface area contributed by atoms with Crippen molar-refractivity contribution in [2.24, 2.45) is 0 Å². The van der Waals surface area contributed by atoms with Crippen LogP contribution < -0.4 is 5.32 Å². The van der Waals surface area contributed by atoms with Gasteiger partial charge < -0.3 is 15.4 Å². The van der Waals surface area contributed by atoms with Crippen LogP contribution in [-0.4, -0.2) is 27.6 Å². The lowest BCUT2D eigenvalue weighted by Gasteiger charge is -2.01. The molecule has 0 bridgehead atoms. The van der Waals surface area contributed by atoms with E-state index in [9.17, 15) is 4.79 Å². The van der Waals surface area contributed by atoms with Crippen LogP contribution in [0.4, 0.5) is 0 Å². The number of nitrogens with zero attached hydrogens (tertiary/aromatic N) is 1. The largest absolute Gasteiger partial charge is 0.480 e. The van der Waals surface area contributed by atoms with Gasteiger partial charge in [0.1, 0.15) is 5.82 Å². The molecule has 1 heterocycles. The molecule has 2 aromatic rings. The molecule has 5 heteroatoms. The predicted molar refractivity (Wildman–Crippen MR) is 69.5 cm³/mol. The highest BCUT2D eigenvalue weighted by molar-refractivity contribution is 5.76. The smallest absolute Gasteiger partial charge is 0.317 e. The number of hydrogen-bond acceptors (Lipinski definition) is 3. The average Bonchev–Trinajstić information content (AvgIpc) is 2.71. The van der Waals surface area contributed by atoms with Crippen molar-refractivity contribution in [3.63, 3.8) is 0 Å². The van der Waals surface area contributed by atoms with Crippen LogP contribution in [0.2, 0.25) is 0 Å². The highest BCUT2D eigenvalue weighted by atomic mass is 16.4. The van der Waals surface area contributed by atoms with Crippen molar-refractivity contribution >= 4 is 17.0 Å². The Morgan fingerprint density at radius 2 is 2.28 bits per heavy atom. The number of nitrogens with one attached hydrogen (secondary N) is 2. The Morgan fingerprint density at radius 3 is 2.94 bits per heavy atom. The van der Waals surface area contributed by atoms with Crippen molar-refractivity contribution in [2.45, 2.75) is 26.3 Å². The molecule has 96 valence electrons. The quantitative estimate of drug-likeness (QED) is 0.753. The zero-order valence-electron chi connectivity index (χ0n) is 10.5. The Kier molecular flexibility index (Phi) is 3.62. The zero-order chi connectivity index (χ0) is 13.1. The van der Waals surface area contributed by atoms with Crippen LogP contribution in [0.3, 0.4) is 0 Å². The minimum Gasteiger partial charge on any atom is -0.480 e. The molecule has 0 radical (unpaired) electrons. The molecule has 5 nitrogen and oxygen atoms in total. The summed E-state index contributed by atoms with van der Waals surface area (Å²) in [6, 6.07) is 5.92. The number of hydrogen-bond donors (Lipinski definition) is 3. The molecular weight excluding hydrogens is 230 g/mol. The number of H-pyrrole nitrogens is 1. The third-order valence-corrected chi connectivity index (χ3v) is 2.72. The van der Waals surface area contributed by atoms with Crippen LogP contribution in [0.5, 0.6) is 0 Å². The normalized spacial score (nSPS) is 11.3. The molecule has 0 aliphatic rings. The van der Waals surface area contributed by atoms with Gasteiger partial charge >= 0.3 is 5.97 Å². The molecule has 2 rings (SSSR count). The Balaban J connectivity index is 2.14. The summed E-state index contributed by atoms with van der Waals surface area (Å²) < 4.78 is 0. The van der Waals surface area contributed by atoms with E-state index in [2.05, 4.69) is 29.1 Å². The van der Waals surface area contributed by atoms with E-state index in [4.69, 9.17) is 5.11 Å². The fourth-order valence-corrected chi connectivity index (χ4v) is 1.77. The summed E-state index contributed by atoms with van der Waals surface area (Å²) in [5.41, 5.74) is 2.98. The minimum atomic E-state index is -0.847. The fourth-order valence-electron chi connectivity index (χ4n) is 1.77. The second-order valence-corrected chi connectivity index (χ2v) is 4.63. The standard InChI is InChI=1S/C13H17N3O2/c1-8(2)13-15-10-4-3-9(5-11(10)16-13)6-14-7-12(17)18/h3-5,8,14H,6-7H2,1-2H3,(H,15,16)(H,17,18). The molecule has 0 saturated heterocycles. The number of benzene rings is 1. The van der Waals surface area contributed by atoms with Crippen LogP contribution in [0.15, 0.2) is 18.2 Å². The number of aromatic nitrogens is 2. The first-order chi connectivity index (χ1) is 8.56. The van der Waals surface area contributed by atoms with Crippen LogP contribution in [-0.2, 0) is 11.3 Å². The second kappa shape index (κ2) is 5.18. The van der Waals surface area contributed by atoms with Crippen molar-refractivity contribution in [3.05, 3.63) is 29.6 Å². The van der Waals surface area contributed by atoms with Gasteiger partial charge in [0.15, 0.2) is 0 Å². The maximum absolute atomic E-state index is 10.4. The number of imidazole rings is 1. The van der Waals surface area contributed by atoms with E-state index in [0.29, 0.717) is 12.5 Å². The molecule has 0 amide bonds. The fraction of sp³-hybridized carbons (Fsp3) is 0.385. The minimum absolute atomic E-state index is 0.0295. The molecule has 0 unspecified atom stereocenters. The highest BCUT2D eigenvalue weighted by Gasteiger charge is 2.06. The van der Waals surface area contributed by atoms with Crippen LogP contribution in [0, 0.1) is 0 Å². The number of carboxylic acids is 1. The monoisotopic (exact) mass is 247 g/mol. The Bertz CT molecular complexity index is 560. The SMILES string of the molecule is CC(C)c1nc2ccc(CNCC(=O)O)cc2[nH]1.